The number of hydrogen-bond donors (Lipinski definition) is 2. The Labute approximate surface area is 197 Å². The molecule has 1 aliphatic carbocycles. The first-order chi connectivity index (χ1) is 15.4. The standard InChI is InChI=1S/C20H28N4O6S3/c1-11(2)7-8-24-14-6-4-5-13(14)16(25)15(20(24)26)18-22-19-17(33(29,30)23-18)12(10-31-19)9-21-32(3,27)28/h10-11,13-15,21H,4-9H2,1-3H3,(H,22,23). The molecule has 0 aromatic carbocycles. The Morgan fingerprint density at radius 3 is 2.70 bits per heavy atom. The minimum Gasteiger partial charge on any atom is -0.338 e. The number of Topliss-reactive ketones (excluding diaryl/α,β-unsaturated/α-hetero) is 1. The number of fused-ring (bicyclic) bond motifs is 2. The second-order valence-electron chi connectivity index (χ2n) is 9.24. The second kappa shape index (κ2) is 8.75. The van der Waals surface area contributed by atoms with Gasteiger partial charge in [-0.15, -0.1) is 15.7 Å². The zero-order valence-corrected chi connectivity index (χ0v) is 21.1. The average Bonchev–Trinajstić information content (AvgIpc) is 3.33. The molecule has 4 rings (SSSR count). The number of anilines is 1. The summed E-state index contributed by atoms with van der Waals surface area (Å²) in [6, 6.07) is -0.133. The molecule has 3 atom stereocenters. The van der Waals surface area contributed by atoms with Crippen molar-refractivity contribution in [3.8, 4) is 0 Å². The summed E-state index contributed by atoms with van der Waals surface area (Å²) >= 11 is 1.07. The second-order valence-corrected chi connectivity index (χ2v) is 13.5. The van der Waals surface area contributed by atoms with E-state index in [4.69, 9.17) is 0 Å². The molecule has 0 radical (unpaired) electrons. The van der Waals surface area contributed by atoms with Crippen LogP contribution < -0.4 is 10.0 Å². The Morgan fingerprint density at radius 2 is 2.03 bits per heavy atom. The lowest BCUT2D eigenvalue weighted by Crippen LogP contribution is -2.58. The molecule has 1 aromatic heterocycles. The molecule has 2 N–H and O–H groups in total. The highest BCUT2D eigenvalue weighted by Gasteiger charge is 2.52. The number of amides is 1. The number of carbonyl (C=O) groups is 2. The summed E-state index contributed by atoms with van der Waals surface area (Å²) in [5, 5.41) is 4.67. The van der Waals surface area contributed by atoms with Crippen LogP contribution >= 0.6 is 11.3 Å². The van der Waals surface area contributed by atoms with Crippen molar-refractivity contribution in [2.45, 2.75) is 57.0 Å². The monoisotopic (exact) mass is 516 g/mol. The van der Waals surface area contributed by atoms with Crippen LogP contribution in [0.25, 0.3) is 0 Å². The molecule has 0 spiro atoms. The fraction of sp³-hybridized carbons (Fsp3) is 0.650. The number of ketones is 1. The molecular formula is C20H28N4O6S3. The highest BCUT2D eigenvalue weighted by Crippen LogP contribution is 2.41. The van der Waals surface area contributed by atoms with E-state index in [9.17, 15) is 26.4 Å². The maximum atomic E-state index is 13.4. The third-order valence-corrected chi connectivity index (χ3v) is 9.50. The van der Waals surface area contributed by atoms with E-state index in [-0.39, 0.29) is 45.6 Å². The van der Waals surface area contributed by atoms with Crippen LogP contribution in [0, 0.1) is 17.8 Å². The predicted molar refractivity (Wildman–Crippen MR) is 125 cm³/mol. The normalized spacial score (nSPS) is 26.7. The number of hydrogen-bond acceptors (Lipinski definition) is 8. The van der Waals surface area contributed by atoms with Gasteiger partial charge in [0.1, 0.15) is 15.7 Å². The maximum Gasteiger partial charge on any atom is 0.287 e. The average molecular weight is 517 g/mol. The fourth-order valence-corrected chi connectivity index (χ4v) is 7.82. The molecule has 13 heteroatoms. The van der Waals surface area contributed by atoms with Crippen molar-refractivity contribution in [3.63, 3.8) is 0 Å². The van der Waals surface area contributed by atoms with Crippen molar-refractivity contribution >= 4 is 53.9 Å². The molecule has 1 amide bonds. The highest BCUT2D eigenvalue weighted by atomic mass is 32.2. The Kier molecular flexibility index (Phi) is 6.44. The first-order valence-corrected chi connectivity index (χ1v) is 15.1. The van der Waals surface area contributed by atoms with E-state index < -0.39 is 31.9 Å². The molecular weight excluding hydrogens is 488 g/mol. The number of carbonyl (C=O) groups excluding carboxylic acids is 2. The third kappa shape index (κ3) is 4.73. The Morgan fingerprint density at radius 1 is 1.30 bits per heavy atom. The van der Waals surface area contributed by atoms with Gasteiger partial charge < -0.3 is 10.2 Å². The van der Waals surface area contributed by atoms with Crippen molar-refractivity contribution in [1.82, 2.24) is 9.62 Å². The van der Waals surface area contributed by atoms with Crippen LogP contribution in [-0.2, 0) is 36.2 Å². The molecule has 10 nitrogen and oxygen atoms in total. The number of likely N-dealkylation sites (tertiary alicyclic amines) is 1. The van der Waals surface area contributed by atoms with Gasteiger partial charge in [-0.1, -0.05) is 20.3 Å². The van der Waals surface area contributed by atoms with Crippen molar-refractivity contribution in [2.24, 2.45) is 22.2 Å². The van der Waals surface area contributed by atoms with Gasteiger partial charge in [0.05, 0.1) is 6.26 Å². The third-order valence-electron chi connectivity index (χ3n) is 6.34. The summed E-state index contributed by atoms with van der Waals surface area (Å²) in [6.45, 7) is 4.45. The fourth-order valence-electron chi connectivity index (χ4n) is 4.76. The van der Waals surface area contributed by atoms with Crippen molar-refractivity contribution < 1.29 is 26.4 Å². The number of amidine groups is 1. The minimum atomic E-state index is -4.23. The topological polar surface area (TPSA) is 142 Å². The van der Waals surface area contributed by atoms with Crippen molar-refractivity contribution in [1.29, 1.82) is 0 Å². The number of nitrogens with zero attached hydrogens (tertiary/aromatic N) is 2. The lowest BCUT2D eigenvalue weighted by molar-refractivity contribution is -0.149. The minimum absolute atomic E-state index is 0.126. The summed E-state index contributed by atoms with van der Waals surface area (Å²) in [4.78, 5) is 28.4. The van der Waals surface area contributed by atoms with Gasteiger partial charge in [-0.05, 0) is 30.6 Å². The largest absolute Gasteiger partial charge is 0.338 e. The van der Waals surface area contributed by atoms with Gasteiger partial charge in [-0.3, -0.25) is 9.59 Å². The van der Waals surface area contributed by atoms with E-state index in [0.29, 0.717) is 18.9 Å². The zero-order chi connectivity index (χ0) is 24.1. The van der Waals surface area contributed by atoms with Gasteiger partial charge in [0.2, 0.25) is 15.9 Å². The molecule has 3 aliphatic rings. The number of rotatable bonds is 7. The van der Waals surface area contributed by atoms with E-state index in [1.807, 2.05) is 0 Å². The van der Waals surface area contributed by atoms with Gasteiger partial charge in [0, 0.05) is 30.6 Å². The van der Waals surface area contributed by atoms with E-state index in [1.54, 1.807) is 4.90 Å². The summed E-state index contributed by atoms with van der Waals surface area (Å²) in [6.07, 6.45) is 4.08. The number of thiophene rings is 1. The lowest BCUT2D eigenvalue weighted by atomic mass is 9.81. The maximum absolute atomic E-state index is 13.4. The van der Waals surface area contributed by atoms with Gasteiger partial charge >= 0.3 is 0 Å². The van der Waals surface area contributed by atoms with Crippen molar-refractivity contribution in [3.05, 3.63) is 10.9 Å². The Bertz CT molecular complexity index is 1220. The molecule has 3 heterocycles. The molecule has 3 unspecified atom stereocenters. The molecule has 2 fully saturated rings. The molecule has 0 bridgehead atoms. The van der Waals surface area contributed by atoms with Gasteiger partial charge in [-0.2, -0.15) is 8.42 Å². The van der Waals surface area contributed by atoms with E-state index in [0.717, 1.165) is 36.9 Å². The lowest BCUT2D eigenvalue weighted by Gasteiger charge is -2.41. The smallest absolute Gasteiger partial charge is 0.287 e. The molecule has 1 saturated carbocycles. The van der Waals surface area contributed by atoms with Crippen molar-refractivity contribution in [2.75, 3.05) is 18.1 Å². The van der Waals surface area contributed by atoms with Gasteiger partial charge in [0.25, 0.3) is 10.0 Å². The summed E-state index contributed by atoms with van der Waals surface area (Å²) in [5.41, 5.74) is 0.256. The van der Waals surface area contributed by atoms with E-state index in [2.05, 4.69) is 28.3 Å². The molecule has 2 aliphatic heterocycles. The predicted octanol–water partition coefficient (Wildman–Crippen LogP) is 1.55. The van der Waals surface area contributed by atoms with Crippen LogP contribution in [0.5, 0.6) is 0 Å². The van der Waals surface area contributed by atoms with Crippen LogP contribution in [0.2, 0.25) is 0 Å². The van der Waals surface area contributed by atoms with Crippen LogP contribution in [0.15, 0.2) is 14.7 Å². The first kappa shape index (κ1) is 24.3. The molecule has 1 saturated heterocycles. The zero-order valence-electron chi connectivity index (χ0n) is 18.7. The van der Waals surface area contributed by atoms with Crippen LogP contribution in [0.1, 0.15) is 45.1 Å². The summed E-state index contributed by atoms with van der Waals surface area (Å²) in [5.74, 6) is -2.05. The Hall–Kier alpha value is -1.83. The SMILES string of the molecule is CC(C)CCN1C(=O)C(C2=NS(=O)(=O)c3c(CNS(C)(=O)=O)csc3N2)C(=O)C2CCCC21. The van der Waals surface area contributed by atoms with E-state index >= 15 is 0 Å². The molecule has 182 valence electrons. The quantitative estimate of drug-likeness (QED) is 0.524. The van der Waals surface area contributed by atoms with Gasteiger partial charge in [-0.25, -0.2) is 13.1 Å². The van der Waals surface area contributed by atoms with Crippen LogP contribution in [0.4, 0.5) is 5.00 Å². The summed E-state index contributed by atoms with van der Waals surface area (Å²) in [7, 11) is -7.75. The number of nitrogens with one attached hydrogen (secondary N) is 2. The van der Waals surface area contributed by atoms with E-state index in [1.165, 1.54) is 5.38 Å². The number of piperidine rings is 1. The van der Waals surface area contributed by atoms with Crippen LogP contribution in [-0.4, -0.2) is 58.1 Å². The Balaban J connectivity index is 1.66. The number of sulfonamides is 2. The first-order valence-electron chi connectivity index (χ1n) is 10.9. The molecule has 33 heavy (non-hydrogen) atoms. The molecule has 1 aromatic rings. The van der Waals surface area contributed by atoms with Crippen LogP contribution in [0.3, 0.4) is 0 Å². The summed E-state index contributed by atoms with van der Waals surface area (Å²) < 4.78 is 55.0. The van der Waals surface area contributed by atoms with Gasteiger partial charge in [0.15, 0.2) is 11.7 Å². The highest BCUT2D eigenvalue weighted by molar-refractivity contribution is 7.91.